The van der Waals surface area contributed by atoms with Gasteiger partial charge in [0.05, 0.1) is 11.4 Å². The first kappa shape index (κ1) is 20.0. The number of nitrogens with zero attached hydrogens (tertiary/aromatic N) is 1. The van der Waals surface area contributed by atoms with E-state index >= 15 is 0 Å². The van der Waals surface area contributed by atoms with Gasteiger partial charge in [-0.15, -0.1) is 0 Å². The summed E-state index contributed by atoms with van der Waals surface area (Å²) in [7, 11) is 0. The third kappa shape index (κ3) is 4.77. The van der Waals surface area contributed by atoms with E-state index in [4.69, 9.17) is 5.73 Å². The number of pyridine rings is 1. The second kappa shape index (κ2) is 8.53. The molecule has 0 saturated heterocycles. The SMILES string of the molecule is CC(O)(C(=O)NCc1ccc(C(=O)Nc2ccccc2N)cc1)c1cccnc1. The quantitative estimate of drug-likeness (QED) is 0.482. The molecule has 1 aromatic heterocycles. The van der Waals surface area contributed by atoms with Crippen LogP contribution in [-0.2, 0) is 16.9 Å². The summed E-state index contributed by atoms with van der Waals surface area (Å²) in [4.78, 5) is 28.7. The van der Waals surface area contributed by atoms with E-state index in [1.165, 1.54) is 13.1 Å². The number of para-hydroxylation sites is 2. The average Bonchev–Trinajstić information content (AvgIpc) is 2.74. The number of hydrogen-bond acceptors (Lipinski definition) is 5. The van der Waals surface area contributed by atoms with Crippen LogP contribution in [0, 0.1) is 0 Å². The number of aliphatic hydroxyl groups is 1. The van der Waals surface area contributed by atoms with Crippen molar-refractivity contribution in [1.82, 2.24) is 10.3 Å². The fourth-order valence-electron chi connectivity index (χ4n) is 2.72. The van der Waals surface area contributed by atoms with Gasteiger partial charge in [0.15, 0.2) is 5.60 Å². The number of nitrogens with two attached hydrogens (primary N) is 1. The Morgan fingerprint density at radius 2 is 1.79 bits per heavy atom. The maximum atomic E-state index is 12.4. The highest BCUT2D eigenvalue weighted by Gasteiger charge is 2.32. The predicted molar refractivity (Wildman–Crippen MR) is 111 cm³/mol. The maximum absolute atomic E-state index is 12.4. The Morgan fingerprint density at radius 1 is 1.07 bits per heavy atom. The van der Waals surface area contributed by atoms with Crippen LogP contribution in [0.4, 0.5) is 11.4 Å². The summed E-state index contributed by atoms with van der Waals surface area (Å²) in [5, 5.41) is 16.0. The smallest absolute Gasteiger partial charge is 0.256 e. The second-order valence-electron chi connectivity index (χ2n) is 6.73. The predicted octanol–water partition coefficient (Wildman–Crippen LogP) is 2.44. The molecule has 0 radical (unpaired) electrons. The van der Waals surface area contributed by atoms with Crippen LogP contribution in [0.2, 0.25) is 0 Å². The van der Waals surface area contributed by atoms with Gasteiger partial charge in [-0.1, -0.05) is 30.3 Å². The van der Waals surface area contributed by atoms with Gasteiger partial charge in [-0.2, -0.15) is 0 Å². The average molecular weight is 390 g/mol. The van der Waals surface area contributed by atoms with Crippen molar-refractivity contribution in [1.29, 1.82) is 0 Å². The number of rotatable bonds is 6. The molecule has 29 heavy (non-hydrogen) atoms. The largest absolute Gasteiger partial charge is 0.397 e. The summed E-state index contributed by atoms with van der Waals surface area (Å²) in [6.45, 7) is 1.63. The van der Waals surface area contributed by atoms with Crippen LogP contribution in [0.25, 0.3) is 0 Å². The lowest BCUT2D eigenvalue weighted by Gasteiger charge is -2.22. The summed E-state index contributed by atoms with van der Waals surface area (Å²) in [5.74, 6) is -0.815. The lowest BCUT2D eigenvalue weighted by Crippen LogP contribution is -2.41. The molecule has 1 heterocycles. The molecule has 0 fully saturated rings. The molecule has 2 aromatic carbocycles. The molecule has 0 aliphatic heterocycles. The zero-order chi connectivity index (χ0) is 20.9. The Morgan fingerprint density at radius 3 is 2.45 bits per heavy atom. The van der Waals surface area contributed by atoms with Crippen molar-refractivity contribution in [2.45, 2.75) is 19.1 Å². The first-order chi connectivity index (χ1) is 13.9. The molecular formula is C22H22N4O3. The molecule has 1 unspecified atom stereocenters. The Kier molecular flexibility index (Phi) is 5.90. The van der Waals surface area contributed by atoms with Crippen molar-refractivity contribution >= 4 is 23.2 Å². The Balaban J connectivity index is 1.60. The number of benzene rings is 2. The highest BCUT2D eigenvalue weighted by molar-refractivity contribution is 6.05. The van der Waals surface area contributed by atoms with E-state index in [9.17, 15) is 14.7 Å². The molecule has 1 atom stereocenters. The number of aromatic nitrogens is 1. The number of nitrogens with one attached hydrogen (secondary N) is 2. The van der Waals surface area contributed by atoms with Gasteiger partial charge in [0.25, 0.3) is 11.8 Å². The number of anilines is 2. The topological polar surface area (TPSA) is 117 Å². The summed E-state index contributed by atoms with van der Waals surface area (Å²) < 4.78 is 0. The molecular weight excluding hydrogens is 368 g/mol. The van der Waals surface area contributed by atoms with Crippen molar-refractivity contribution in [3.8, 4) is 0 Å². The minimum atomic E-state index is -1.69. The van der Waals surface area contributed by atoms with Crippen LogP contribution in [0.5, 0.6) is 0 Å². The van der Waals surface area contributed by atoms with Gasteiger partial charge in [0.2, 0.25) is 0 Å². The molecule has 5 N–H and O–H groups in total. The second-order valence-corrected chi connectivity index (χ2v) is 6.73. The molecule has 148 valence electrons. The minimum absolute atomic E-state index is 0.211. The molecule has 0 saturated carbocycles. The molecule has 2 amide bonds. The zero-order valence-corrected chi connectivity index (χ0v) is 15.9. The third-order valence-corrected chi connectivity index (χ3v) is 4.54. The summed E-state index contributed by atoms with van der Waals surface area (Å²) in [5.41, 5.74) is 6.84. The molecule has 0 aliphatic carbocycles. The van der Waals surface area contributed by atoms with Crippen molar-refractivity contribution in [2.75, 3.05) is 11.1 Å². The Bertz CT molecular complexity index is 1000. The molecule has 3 rings (SSSR count). The van der Waals surface area contributed by atoms with Crippen molar-refractivity contribution in [3.05, 3.63) is 89.7 Å². The van der Waals surface area contributed by atoms with E-state index in [-0.39, 0.29) is 12.5 Å². The van der Waals surface area contributed by atoms with Crippen LogP contribution in [0.3, 0.4) is 0 Å². The van der Waals surface area contributed by atoms with Gasteiger partial charge in [-0.05, 0) is 42.8 Å². The van der Waals surface area contributed by atoms with Gasteiger partial charge < -0.3 is 21.5 Å². The number of nitrogen functional groups attached to an aromatic ring is 1. The molecule has 0 spiro atoms. The Labute approximate surface area is 168 Å². The highest BCUT2D eigenvalue weighted by Crippen LogP contribution is 2.20. The number of carbonyl (C=O) groups is 2. The van der Waals surface area contributed by atoms with Crippen LogP contribution < -0.4 is 16.4 Å². The number of hydrogen-bond donors (Lipinski definition) is 4. The minimum Gasteiger partial charge on any atom is -0.397 e. The van der Waals surface area contributed by atoms with Gasteiger partial charge in [0, 0.05) is 30.1 Å². The van der Waals surface area contributed by atoms with Crippen molar-refractivity contribution in [3.63, 3.8) is 0 Å². The van der Waals surface area contributed by atoms with Crippen LogP contribution in [-0.4, -0.2) is 21.9 Å². The summed E-state index contributed by atoms with van der Waals surface area (Å²) in [6, 6.07) is 17.1. The lowest BCUT2D eigenvalue weighted by molar-refractivity contribution is -0.139. The normalized spacial score (nSPS) is 12.6. The van der Waals surface area contributed by atoms with Gasteiger partial charge in [0.1, 0.15) is 0 Å². The number of carbonyl (C=O) groups excluding carboxylic acids is 2. The van der Waals surface area contributed by atoms with E-state index in [1.807, 2.05) is 0 Å². The van der Waals surface area contributed by atoms with Gasteiger partial charge in [-0.25, -0.2) is 0 Å². The van der Waals surface area contributed by atoms with Crippen LogP contribution in [0.1, 0.15) is 28.4 Å². The summed E-state index contributed by atoms with van der Waals surface area (Å²) >= 11 is 0. The lowest BCUT2D eigenvalue weighted by atomic mass is 9.97. The van der Waals surface area contributed by atoms with E-state index in [0.29, 0.717) is 22.5 Å². The fourth-order valence-corrected chi connectivity index (χ4v) is 2.72. The van der Waals surface area contributed by atoms with Crippen molar-refractivity contribution in [2.24, 2.45) is 0 Å². The van der Waals surface area contributed by atoms with Gasteiger partial charge in [-0.3, -0.25) is 14.6 Å². The molecule has 7 nitrogen and oxygen atoms in total. The fraction of sp³-hybridized carbons (Fsp3) is 0.136. The first-order valence-corrected chi connectivity index (χ1v) is 9.04. The summed E-state index contributed by atoms with van der Waals surface area (Å²) in [6.07, 6.45) is 3.02. The van der Waals surface area contributed by atoms with E-state index in [0.717, 1.165) is 5.56 Å². The zero-order valence-electron chi connectivity index (χ0n) is 15.9. The Hall–Kier alpha value is -3.71. The van der Waals surface area contributed by atoms with Crippen LogP contribution in [0.15, 0.2) is 73.1 Å². The monoisotopic (exact) mass is 390 g/mol. The highest BCUT2D eigenvalue weighted by atomic mass is 16.3. The molecule has 0 bridgehead atoms. The molecule has 3 aromatic rings. The molecule has 7 heteroatoms. The first-order valence-electron chi connectivity index (χ1n) is 9.04. The maximum Gasteiger partial charge on any atom is 0.256 e. The van der Waals surface area contributed by atoms with E-state index in [1.54, 1.807) is 66.9 Å². The molecule has 0 aliphatic rings. The number of amides is 2. The van der Waals surface area contributed by atoms with Crippen molar-refractivity contribution < 1.29 is 14.7 Å². The third-order valence-electron chi connectivity index (χ3n) is 4.54. The van der Waals surface area contributed by atoms with Crippen LogP contribution >= 0.6 is 0 Å². The standard InChI is InChI=1S/C22H22N4O3/c1-22(29,17-5-4-12-24-14-17)21(28)25-13-15-8-10-16(11-9-15)20(27)26-19-7-3-2-6-18(19)23/h2-12,14,29H,13,23H2,1H3,(H,25,28)(H,26,27). The van der Waals surface area contributed by atoms with Gasteiger partial charge >= 0.3 is 0 Å². The van der Waals surface area contributed by atoms with E-state index < -0.39 is 11.5 Å². The van der Waals surface area contributed by atoms with E-state index in [2.05, 4.69) is 15.6 Å².